The molecule has 1 aromatic rings. The predicted molar refractivity (Wildman–Crippen MR) is 86.7 cm³/mol. The molecule has 0 bridgehead atoms. The second-order valence-corrected chi connectivity index (χ2v) is 6.02. The minimum Gasteiger partial charge on any atom is -0.478 e. The summed E-state index contributed by atoms with van der Waals surface area (Å²) in [7, 11) is 2.21. The average molecular weight is 291 g/mol. The molecule has 1 aliphatic rings. The number of pyridine rings is 1. The van der Waals surface area contributed by atoms with E-state index < -0.39 is 0 Å². The summed E-state index contributed by atoms with van der Waals surface area (Å²) in [4.78, 5) is 6.76. The molecular formula is C17H29N3O. The van der Waals surface area contributed by atoms with E-state index in [0.717, 1.165) is 31.9 Å². The third kappa shape index (κ3) is 4.97. The van der Waals surface area contributed by atoms with Gasteiger partial charge in [0.15, 0.2) is 0 Å². The zero-order valence-corrected chi connectivity index (χ0v) is 13.6. The van der Waals surface area contributed by atoms with Crippen LogP contribution in [-0.4, -0.2) is 42.7 Å². The standard InChI is InChI=1S/C17H29N3O/c1-4-9-18-14(2)15-7-10-19-17(13-15)21-12-8-16-6-5-11-20(16)3/h7,10,13-14,16,18H,4-6,8-9,11-12H2,1-3H3. The van der Waals surface area contributed by atoms with Gasteiger partial charge in [0.2, 0.25) is 5.88 Å². The van der Waals surface area contributed by atoms with E-state index in [0.29, 0.717) is 12.1 Å². The van der Waals surface area contributed by atoms with Gasteiger partial charge < -0.3 is 15.0 Å². The maximum absolute atomic E-state index is 5.85. The summed E-state index contributed by atoms with van der Waals surface area (Å²) in [5.74, 6) is 0.748. The van der Waals surface area contributed by atoms with Gasteiger partial charge in [-0.1, -0.05) is 6.92 Å². The van der Waals surface area contributed by atoms with E-state index in [1.807, 2.05) is 6.20 Å². The number of ether oxygens (including phenoxy) is 1. The normalized spacial score (nSPS) is 20.6. The van der Waals surface area contributed by atoms with Gasteiger partial charge >= 0.3 is 0 Å². The van der Waals surface area contributed by atoms with Gasteiger partial charge in [0, 0.05) is 24.3 Å². The molecule has 2 heterocycles. The fourth-order valence-electron chi connectivity index (χ4n) is 2.90. The molecule has 1 aliphatic heterocycles. The Labute approximate surface area is 128 Å². The minimum absolute atomic E-state index is 0.344. The summed E-state index contributed by atoms with van der Waals surface area (Å²) in [5, 5.41) is 3.49. The second-order valence-electron chi connectivity index (χ2n) is 6.02. The lowest BCUT2D eigenvalue weighted by molar-refractivity contribution is 0.228. The quantitative estimate of drug-likeness (QED) is 0.799. The van der Waals surface area contributed by atoms with Crippen molar-refractivity contribution in [2.24, 2.45) is 0 Å². The lowest BCUT2D eigenvalue weighted by Crippen LogP contribution is -2.26. The molecule has 1 aromatic heterocycles. The smallest absolute Gasteiger partial charge is 0.213 e. The fourth-order valence-corrected chi connectivity index (χ4v) is 2.90. The molecule has 0 spiro atoms. The molecule has 0 radical (unpaired) electrons. The first kappa shape index (κ1) is 16.2. The van der Waals surface area contributed by atoms with Crippen LogP contribution in [0.1, 0.15) is 51.1 Å². The van der Waals surface area contributed by atoms with Crippen molar-refractivity contribution >= 4 is 0 Å². The summed E-state index contributed by atoms with van der Waals surface area (Å²) >= 11 is 0. The van der Waals surface area contributed by atoms with Crippen molar-refractivity contribution in [2.75, 3.05) is 26.7 Å². The lowest BCUT2D eigenvalue weighted by Gasteiger charge is -2.19. The molecule has 2 rings (SSSR count). The van der Waals surface area contributed by atoms with E-state index in [-0.39, 0.29) is 0 Å². The van der Waals surface area contributed by atoms with E-state index in [4.69, 9.17) is 4.74 Å². The number of hydrogen-bond donors (Lipinski definition) is 1. The predicted octanol–water partition coefficient (Wildman–Crippen LogP) is 3.01. The van der Waals surface area contributed by atoms with Crippen LogP contribution in [-0.2, 0) is 0 Å². The zero-order valence-electron chi connectivity index (χ0n) is 13.6. The topological polar surface area (TPSA) is 37.4 Å². The van der Waals surface area contributed by atoms with E-state index >= 15 is 0 Å². The molecule has 0 saturated carbocycles. The summed E-state index contributed by atoms with van der Waals surface area (Å²) in [6, 6.07) is 5.14. The summed E-state index contributed by atoms with van der Waals surface area (Å²) in [6.07, 6.45) is 6.69. The number of nitrogens with zero attached hydrogens (tertiary/aromatic N) is 2. The highest BCUT2D eigenvalue weighted by Crippen LogP contribution is 2.19. The molecule has 4 heteroatoms. The first-order valence-corrected chi connectivity index (χ1v) is 8.23. The third-order valence-electron chi connectivity index (χ3n) is 4.33. The molecule has 4 nitrogen and oxygen atoms in total. The number of hydrogen-bond acceptors (Lipinski definition) is 4. The van der Waals surface area contributed by atoms with Crippen LogP contribution >= 0.6 is 0 Å². The molecule has 0 amide bonds. The third-order valence-corrected chi connectivity index (χ3v) is 4.33. The molecule has 1 saturated heterocycles. The minimum atomic E-state index is 0.344. The van der Waals surface area contributed by atoms with Crippen LogP contribution in [0.2, 0.25) is 0 Å². The molecule has 2 atom stereocenters. The largest absolute Gasteiger partial charge is 0.478 e. The molecular weight excluding hydrogens is 262 g/mol. The summed E-state index contributed by atoms with van der Waals surface area (Å²) in [6.45, 7) is 7.37. The van der Waals surface area contributed by atoms with Gasteiger partial charge in [-0.25, -0.2) is 4.98 Å². The lowest BCUT2D eigenvalue weighted by atomic mass is 10.1. The van der Waals surface area contributed by atoms with Crippen molar-refractivity contribution in [1.29, 1.82) is 0 Å². The van der Waals surface area contributed by atoms with Crippen molar-refractivity contribution in [3.63, 3.8) is 0 Å². The van der Waals surface area contributed by atoms with Crippen LogP contribution in [0, 0.1) is 0 Å². The number of rotatable bonds is 8. The molecule has 21 heavy (non-hydrogen) atoms. The zero-order chi connectivity index (χ0) is 15.1. The van der Waals surface area contributed by atoms with Gasteiger partial charge in [-0.3, -0.25) is 0 Å². The van der Waals surface area contributed by atoms with Crippen LogP contribution in [0.15, 0.2) is 18.3 Å². The van der Waals surface area contributed by atoms with Crippen molar-refractivity contribution < 1.29 is 4.74 Å². The van der Waals surface area contributed by atoms with Crippen LogP contribution in [0.5, 0.6) is 5.88 Å². The Morgan fingerprint density at radius 3 is 3.10 bits per heavy atom. The number of likely N-dealkylation sites (tertiary alicyclic amines) is 1. The van der Waals surface area contributed by atoms with Gasteiger partial charge in [0.05, 0.1) is 6.61 Å². The Morgan fingerprint density at radius 1 is 1.52 bits per heavy atom. The van der Waals surface area contributed by atoms with Gasteiger partial charge in [0.1, 0.15) is 0 Å². The Balaban J connectivity index is 1.80. The molecule has 1 fully saturated rings. The number of aromatic nitrogens is 1. The summed E-state index contributed by atoms with van der Waals surface area (Å²) < 4.78 is 5.85. The van der Waals surface area contributed by atoms with Crippen molar-refractivity contribution in [3.8, 4) is 5.88 Å². The summed E-state index contributed by atoms with van der Waals surface area (Å²) in [5.41, 5.74) is 1.24. The highest BCUT2D eigenvalue weighted by molar-refractivity contribution is 5.23. The van der Waals surface area contributed by atoms with Crippen molar-refractivity contribution in [1.82, 2.24) is 15.2 Å². The molecule has 1 N–H and O–H groups in total. The SMILES string of the molecule is CCCNC(C)c1ccnc(OCCC2CCCN2C)c1. The fraction of sp³-hybridized carbons (Fsp3) is 0.706. The first-order valence-electron chi connectivity index (χ1n) is 8.23. The van der Waals surface area contributed by atoms with Gasteiger partial charge in [-0.2, -0.15) is 0 Å². The van der Waals surface area contributed by atoms with E-state index in [2.05, 4.69) is 48.2 Å². The molecule has 0 aliphatic carbocycles. The van der Waals surface area contributed by atoms with Crippen LogP contribution in [0.4, 0.5) is 0 Å². The van der Waals surface area contributed by atoms with Crippen molar-refractivity contribution in [3.05, 3.63) is 23.9 Å². The van der Waals surface area contributed by atoms with Gasteiger partial charge in [-0.05, 0) is 64.4 Å². The monoisotopic (exact) mass is 291 g/mol. The Morgan fingerprint density at radius 2 is 2.38 bits per heavy atom. The van der Waals surface area contributed by atoms with Crippen LogP contribution in [0.3, 0.4) is 0 Å². The Kier molecular flexibility index (Phi) is 6.46. The first-order chi connectivity index (χ1) is 10.2. The molecule has 2 unspecified atom stereocenters. The highest BCUT2D eigenvalue weighted by Gasteiger charge is 2.20. The van der Waals surface area contributed by atoms with E-state index in [1.165, 1.54) is 24.9 Å². The number of nitrogens with one attached hydrogen (secondary N) is 1. The van der Waals surface area contributed by atoms with Crippen molar-refractivity contribution in [2.45, 2.75) is 51.6 Å². The van der Waals surface area contributed by atoms with E-state index in [9.17, 15) is 0 Å². The Hall–Kier alpha value is -1.13. The molecule has 0 aromatic carbocycles. The Bertz CT molecular complexity index is 424. The maximum atomic E-state index is 5.85. The van der Waals surface area contributed by atoms with Gasteiger partial charge in [0.25, 0.3) is 0 Å². The molecule has 118 valence electrons. The second kappa shape index (κ2) is 8.35. The van der Waals surface area contributed by atoms with E-state index in [1.54, 1.807) is 0 Å². The van der Waals surface area contributed by atoms with Gasteiger partial charge in [-0.15, -0.1) is 0 Å². The maximum Gasteiger partial charge on any atom is 0.213 e. The average Bonchev–Trinajstić information content (AvgIpc) is 2.90. The highest BCUT2D eigenvalue weighted by atomic mass is 16.5. The van der Waals surface area contributed by atoms with Crippen LogP contribution in [0.25, 0.3) is 0 Å². The van der Waals surface area contributed by atoms with Crippen LogP contribution < -0.4 is 10.1 Å².